The van der Waals surface area contributed by atoms with Gasteiger partial charge in [-0.1, -0.05) is 25.3 Å². The predicted molar refractivity (Wildman–Crippen MR) is 63.2 cm³/mol. The fourth-order valence-corrected chi connectivity index (χ4v) is 1.13. The Morgan fingerprint density at radius 3 is 2.44 bits per heavy atom. The fraction of sp³-hybridized carbons (Fsp3) is 0.154. The highest BCUT2D eigenvalue weighted by Crippen LogP contribution is 2.23. The Morgan fingerprint density at radius 1 is 1.12 bits per heavy atom. The van der Waals surface area contributed by atoms with Gasteiger partial charge in [-0.05, 0) is 12.1 Å². The Labute approximate surface area is 95.0 Å². The third-order valence-electron chi connectivity index (χ3n) is 1.84. The summed E-state index contributed by atoms with van der Waals surface area (Å²) < 4.78 is 10.7. The van der Waals surface area contributed by atoms with Crippen molar-refractivity contribution < 1.29 is 14.3 Å². The molecule has 0 aliphatic heterocycles. The first-order chi connectivity index (χ1) is 7.81. The summed E-state index contributed by atoms with van der Waals surface area (Å²) >= 11 is 0. The van der Waals surface area contributed by atoms with E-state index >= 15 is 0 Å². The molecule has 0 bridgehead atoms. The van der Waals surface area contributed by atoms with Gasteiger partial charge >= 0.3 is 0 Å². The fourth-order valence-electron chi connectivity index (χ4n) is 1.13. The highest BCUT2D eigenvalue weighted by Gasteiger charge is 2.04. The van der Waals surface area contributed by atoms with Gasteiger partial charge in [0.25, 0.3) is 0 Å². The van der Waals surface area contributed by atoms with Crippen molar-refractivity contribution in [3.05, 3.63) is 49.1 Å². The van der Waals surface area contributed by atoms with Gasteiger partial charge in [-0.25, -0.2) is 0 Å². The molecule has 0 aliphatic carbocycles. The molecule has 0 spiro atoms. The molecule has 3 heteroatoms. The molecule has 0 saturated carbocycles. The van der Waals surface area contributed by atoms with Crippen LogP contribution >= 0.6 is 0 Å². The minimum absolute atomic E-state index is 0.353. The predicted octanol–water partition coefficient (Wildman–Crippen LogP) is 2.63. The number of rotatable bonds is 7. The van der Waals surface area contributed by atoms with Crippen LogP contribution in [0.25, 0.3) is 0 Å². The van der Waals surface area contributed by atoms with Gasteiger partial charge in [0.1, 0.15) is 24.7 Å². The molecule has 1 rings (SSSR count). The highest BCUT2D eigenvalue weighted by atomic mass is 16.5. The van der Waals surface area contributed by atoms with Crippen LogP contribution in [0.4, 0.5) is 0 Å². The van der Waals surface area contributed by atoms with Crippen molar-refractivity contribution in [3.63, 3.8) is 0 Å². The van der Waals surface area contributed by atoms with E-state index in [1.165, 1.54) is 0 Å². The van der Waals surface area contributed by atoms with Crippen LogP contribution in [-0.2, 0) is 0 Å². The summed E-state index contributed by atoms with van der Waals surface area (Å²) in [6.07, 6.45) is 4.01. The van der Waals surface area contributed by atoms with E-state index < -0.39 is 0 Å². The van der Waals surface area contributed by atoms with Crippen LogP contribution < -0.4 is 9.47 Å². The summed E-state index contributed by atoms with van der Waals surface area (Å²) in [4.78, 5) is 10.8. The van der Waals surface area contributed by atoms with Crippen LogP contribution in [0.2, 0.25) is 0 Å². The first-order valence-corrected chi connectivity index (χ1v) is 4.88. The molecule has 0 amide bonds. The number of benzene rings is 1. The number of ether oxygens (including phenoxy) is 2. The van der Waals surface area contributed by atoms with Crippen molar-refractivity contribution in [1.82, 2.24) is 0 Å². The molecule has 16 heavy (non-hydrogen) atoms. The first kappa shape index (κ1) is 12.0. The average Bonchev–Trinajstić information content (AvgIpc) is 2.33. The number of carbonyl (C=O) groups is 1. The summed E-state index contributed by atoms with van der Waals surface area (Å²) in [6.45, 7) is 7.87. The number of carbonyl (C=O) groups excluding carboxylic acids is 1. The van der Waals surface area contributed by atoms with Crippen molar-refractivity contribution in [3.8, 4) is 11.5 Å². The zero-order valence-corrected chi connectivity index (χ0v) is 9.02. The van der Waals surface area contributed by atoms with Crippen LogP contribution in [0.5, 0.6) is 11.5 Å². The normalized spacial score (nSPS) is 9.25. The van der Waals surface area contributed by atoms with Gasteiger partial charge < -0.3 is 9.47 Å². The molecule has 1 aromatic carbocycles. The summed E-state index contributed by atoms with van der Waals surface area (Å²) in [6, 6.07) is 5.05. The molecule has 0 unspecified atom stereocenters. The second-order valence-electron chi connectivity index (χ2n) is 3.02. The van der Waals surface area contributed by atoms with E-state index in [0.717, 1.165) is 6.29 Å². The van der Waals surface area contributed by atoms with Crippen molar-refractivity contribution in [1.29, 1.82) is 0 Å². The first-order valence-electron chi connectivity index (χ1n) is 4.88. The Morgan fingerprint density at radius 2 is 1.81 bits per heavy atom. The molecular weight excluding hydrogens is 204 g/mol. The zero-order chi connectivity index (χ0) is 11.8. The van der Waals surface area contributed by atoms with E-state index in [2.05, 4.69) is 13.2 Å². The molecule has 0 heterocycles. The lowest BCUT2D eigenvalue weighted by molar-refractivity contribution is 0.112. The molecule has 0 aromatic heterocycles. The molecule has 3 nitrogen and oxygen atoms in total. The lowest BCUT2D eigenvalue weighted by Crippen LogP contribution is -1.99. The van der Waals surface area contributed by atoms with Crippen molar-refractivity contribution in [2.24, 2.45) is 0 Å². The number of hydrogen-bond donors (Lipinski definition) is 0. The molecule has 1 aromatic rings. The Kier molecular flexibility index (Phi) is 4.86. The van der Waals surface area contributed by atoms with Gasteiger partial charge in [-0.2, -0.15) is 0 Å². The zero-order valence-electron chi connectivity index (χ0n) is 9.02. The molecule has 0 aliphatic rings. The lowest BCUT2D eigenvalue weighted by Gasteiger charge is -2.09. The summed E-state index contributed by atoms with van der Waals surface area (Å²) in [5.41, 5.74) is 0.493. The molecular formula is C13H14O3. The van der Waals surface area contributed by atoms with Gasteiger partial charge in [0.15, 0.2) is 6.29 Å². The van der Waals surface area contributed by atoms with Crippen LogP contribution in [0, 0.1) is 0 Å². The molecule has 84 valence electrons. The molecule has 0 N–H and O–H groups in total. The second kappa shape index (κ2) is 6.45. The number of aldehydes is 1. The van der Waals surface area contributed by atoms with Crippen LogP contribution in [0.15, 0.2) is 43.5 Å². The topological polar surface area (TPSA) is 35.5 Å². The van der Waals surface area contributed by atoms with E-state index in [4.69, 9.17) is 9.47 Å². The Balaban J connectivity index is 2.86. The quantitative estimate of drug-likeness (QED) is 0.521. The Hall–Kier alpha value is -2.03. The van der Waals surface area contributed by atoms with Crippen molar-refractivity contribution in [2.75, 3.05) is 13.2 Å². The summed E-state index contributed by atoms with van der Waals surface area (Å²) in [7, 11) is 0. The average molecular weight is 218 g/mol. The van der Waals surface area contributed by atoms with E-state index in [0.29, 0.717) is 30.3 Å². The maximum Gasteiger partial charge on any atom is 0.153 e. The maximum atomic E-state index is 10.8. The Bertz CT molecular complexity index is 383. The molecule has 0 radical (unpaired) electrons. The largest absolute Gasteiger partial charge is 0.489 e. The third kappa shape index (κ3) is 3.28. The third-order valence-corrected chi connectivity index (χ3v) is 1.84. The van der Waals surface area contributed by atoms with Crippen molar-refractivity contribution in [2.45, 2.75) is 0 Å². The summed E-state index contributed by atoms with van der Waals surface area (Å²) in [5.74, 6) is 1.14. The van der Waals surface area contributed by atoms with Gasteiger partial charge in [0.05, 0.1) is 5.56 Å². The van der Waals surface area contributed by atoms with Crippen LogP contribution in [-0.4, -0.2) is 19.5 Å². The van der Waals surface area contributed by atoms with E-state index in [1.807, 2.05) is 0 Å². The van der Waals surface area contributed by atoms with Crippen LogP contribution in [0.1, 0.15) is 10.4 Å². The van der Waals surface area contributed by atoms with E-state index in [-0.39, 0.29) is 0 Å². The minimum Gasteiger partial charge on any atom is -0.489 e. The monoisotopic (exact) mass is 218 g/mol. The van der Waals surface area contributed by atoms with Gasteiger partial charge in [0.2, 0.25) is 0 Å². The van der Waals surface area contributed by atoms with Crippen molar-refractivity contribution >= 4 is 6.29 Å². The summed E-state index contributed by atoms with van der Waals surface area (Å²) in [5, 5.41) is 0. The maximum absolute atomic E-state index is 10.8. The molecule has 0 atom stereocenters. The molecule has 0 fully saturated rings. The molecule has 0 saturated heterocycles. The van der Waals surface area contributed by atoms with E-state index in [1.54, 1.807) is 30.4 Å². The minimum atomic E-state index is 0.353. The highest BCUT2D eigenvalue weighted by molar-refractivity contribution is 5.79. The van der Waals surface area contributed by atoms with E-state index in [9.17, 15) is 4.79 Å². The lowest BCUT2D eigenvalue weighted by atomic mass is 10.2. The van der Waals surface area contributed by atoms with Gasteiger partial charge in [0, 0.05) is 6.07 Å². The SMILES string of the molecule is C=CCOc1ccc(C=O)c(OCC=C)c1. The van der Waals surface area contributed by atoms with Crippen LogP contribution in [0.3, 0.4) is 0 Å². The smallest absolute Gasteiger partial charge is 0.153 e. The van der Waals surface area contributed by atoms with Gasteiger partial charge in [-0.15, -0.1) is 0 Å². The second-order valence-corrected chi connectivity index (χ2v) is 3.02. The number of hydrogen-bond acceptors (Lipinski definition) is 3. The standard InChI is InChI=1S/C13H14O3/c1-3-7-15-12-6-5-11(10-14)13(9-12)16-8-4-2/h3-6,9-10H,1-2,7-8H2. The van der Waals surface area contributed by atoms with Gasteiger partial charge in [-0.3, -0.25) is 4.79 Å².